The van der Waals surface area contributed by atoms with Gasteiger partial charge in [-0.05, 0) is 31.3 Å². The summed E-state index contributed by atoms with van der Waals surface area (Å²) in [6.07, 6.45) is 0. The summed E-state index contributed by atoms with van der Waals surface area (Å²) in [4.78, 5) is 2.31. The number of likely N-dealkylation sites (N-methyl/N-ethyl adjacent to an activating group) is 1. The van der Waals surface area contributed by atoms with Gasteiger partial charge in [0.15, 0.2) is 5.84 Å². The van der Waals surface area contributed by atoms with Crippen molar-refractivity contribution in [2.45, 2.75) is 4.90 Å². The fourth-order valence-corrected chi connectivity index (χ4v) is 3.46. The van der Waals surface area contributed by atoms with Crippen molar-refractivity contribution in [1.29, 1.82) is 0 Å². The SMILES string of the molecule is CN1CCN(S(=O)(=O)c2ccc(/C(N)=N\O)cc2)CC1. The zero-order valence-electron chi connectivity index (χ0n) is 11.2. The lowest BCUT2D eigenvalue weighted by Crippen LogP contribution is -2.47. The molecule has 0 bridgehead atoms. The summed E-state index contributed by atoms with van der Waals surface area (Å²) < 4.78 is 26.4. The highest BCUT2D eigenvalue weighted by Gasteiger charge is 2.27. The Labute approximate surface area is 118 Å². The number of piperazine rings is 1. The Balaban J connectivity index is 2.22. The number of sulfonamides is 1. The van der Waals surface area contributed by atoms with Crippen LogP contribution in [0.5, 0.6) is 0 Å². The van der Waals surface area contributed by atoms with Gasteiger partial charge in [0.1, 0.15) is 0 Å². The summed E-state index contributed by atoms with van der Waals surface area (Å²) in [7, 11) is -1.50. The smallest absolute Gasteiger partial charge is 0.243 e. The molecule has 2 rings (SSSR count). The Bertz CT molecular complexity index is 590. The average Bonchev–Trinajstić information content (AvgIpc) is 2.47. The van der Waals surface area contributed by atoms with E-state index in [2.05, 4.69) is 10.1 Å². The first kappa shape index (κ1) is 14.8. The molecule has 110 valence electrons. The summed E-state index contributed by atoms with van der Waals surface area (Å²) >= 11 is 0. The molecule has 1 saturated heterocycles. The van der Waals surface area contributed by atoms with Crippen LogP contribution in [0, 0.1) is 0 Å². The number of amidine groups is 1. The van der Waals surface area contributed by atoms with E-state index in [-0.39, 0.29) is 10.7 Å². The summed E-state index contributed by atoms with van der Waals surface area (Å²) in [6, 6.07) is 6.00. The molecule has 0 saturated carbocycles. The molecule has 3 N–H and O–H groups in total. The topological polar surface area (TPSA) is 99.2 Å². The van der Waals surface area contributed by atoms with E-state index in [9.17, 15) is 8.42 Å². The molecule has 1 fully saturated rings. The van der Waals surface area contributed by atoms with Gasteiger partial charge in [-0.3, -0.25) is 0 Å². The van der Waals surface area contributed by atoms with Gasteiger partial charge in [-0.2, -0.15) is 4.31 Å². The van der Waals surface area contributed by atoms with Crippen LogP contribution in [0.2, 0.25) is 0 Å². The molecule has 0 aliphatic carbocycles. The predicted octanol–water partition coefficient (Wildman–Crippen LogP) is -0.283. The van der Waals surface area contributed by atoms with Crippen LogP contribution in [0.1, 0.15) is 5.56 Å². The number of rotatable bonds is 3. The van der Waals surface area contributed by atoms with Crippen molar-refractivity contribution in [2.24, 2.45) is 10.9 Å². The monoisotopic (exact) mass is 298 g/mol. The zero-order chi connectivity index (χ0) is 14.8. The lowest BCUT2D eigenvalue weighted by molar-refractivity contribution is 0.222. The van der Waals surface area contributed by atoms with E-state index in [4.69, 9.17) is 10.9 Å². The molecule has 20 heavy (non-hydrogen) atoms. The second-order valence-corrected chi connectivity index (χ2v) is 6.65. The van der Waals surface area contributed by atoms with Gasteiger partial charge < -0.3 is 15.8 Å². The number of oxime groups is 1. The van der Waals surface area contributed by atoms with Crippen LogP contribution in [-0.4, -0.2) is 61.9 Å². The van der Waals surface area contributed by atoms with Crippen molar-refractivity contribution in [3.05, 3.63) is 29.8 Å². The molecule has 0 aromatic heterocycles. The van der Waals surface area contributed by atoms with E-state index in [0.717, 1.165) is 13.1 Å². The van der Waals surface area contributed by atoms with Crippen molar-refractivity contribution in [3.8, 4) is 0 Å². The molecule has 0 amide bonds. The third-order valence-corrected chi connectivity index (χ3v) is 5.27. The van der Waals surface area contributed by atoms with Gasteiger partial charge in [-0.1, -0.05) is 5.16 Å². The highest BCUT2D eigenvalue weighted by atomic mass is 32.2. The maximum Gasteiger partial charge on any atom is 0.243 e. The minimum Gasteiger partial charge on any atom is -0.409 e. The normalized spacial score (nSPS) is 19.1. The predicted molar refractivity (Wildman–Crippen MR) is 75.2 cm³/mol. The highest BCUT2D eigenvalue weighted by Crippen LogP contribution is 2.17. The lowest BCUT2D eigenvalue weighted by atomic mass is 10.2. The number of nitrogens with zero attached hydrogens (tertiary/aromatic N) is 3. The van der Waals surface area contributed by atoms with Crippen LogP contribution in [0.25, 0.3) is 0 Å². The molecule has 1 aliphatic rings. The maximum absolute atomic E-state index is 12.4. The molecule has 0 atom stereocenters. The van der Waals surface area contributed by atoms with Gasteiger partial charge in [-0.25, -0.2) is 8.42 Å². The van der Waals surface area contributed by atoms with Crippen LogP contribution in [0.4, 0.5) is 0 Å². The molecule has 0 unspecified atom stereocenters. The Kier molecular flexibility index (Phi) is 4.26. The quantitative estimate of drug-likeness (QED) is 0.346. The number of hydrogen-bond donors (Lipinski definition) is 2. The van der Waals surface area contributed by atoms with Crippen molar-refractivity contribution >= 4 is 15.9 Å². The third kappa shape index (κ3) is 2.92. The summed E-state index contributed by atoms with van der Waals surface area (Å²) in [5, 5.41) is 11.5. The minimum absolute atomic E-state index is 0.0476. The average molecular weight is 298 g/mol. The Morgan fingerprint density at radius 1 is 1.20 bits per heavy atom. The highest BCUT2D eigenvalue weighted by molar-refractivity contribution is 7.89. The lowest BCUT2D eigenvalue weighted by Gasteiger charge is -2.31. The molecule has 0 spiro atoms. The standard InChI is InChI=1S/C12H18N4O3S/c1-15-6-8-16(9-7-15)20(18,19)11-4-2-10(3-5-11)12(13)14-17/h2-5,17H,6-9H2,1H3,(H2,13,14). The summed E-state index contributed by atoms with van der Waals surface area (Å²) in [5.74, 6) is -0.0476. The van der Waals surface area contributed by atoms with Crippen molar-refractivity contribution in [1.82, 2.24) is 9.21 Å². The molecular weight excluding hydrogens is 280 g/mol. The largest absolute Gasteiger partial charge is 0.409 e. The molecule has 1 aliphatic heterocycles. The molecule has 7 nitrogen and oxygen atoms in total. The summed E-state index contributed by atoms with van der Waals surface area (Å²) in [6.45, 7) is 2.42. The molecule has 0 radical (unpaired) electrons. The zero-order valence-corrected chi connectivity index (χ0v) is 12.0. The van der Waals surface area contributed by atoms with Crippen molar-refractivity contribution < 1.29 is 13.6 Å². The van der Waals surface area contributed by atoms with Crippen molar-refractivity contribution in [3.63, 3.8) is 0 Å². The number of hydrogen-bond acceptors (Lipinski definition) is 5. The van der Waals surface area contributed by atoms with Gasteiger partial charge in [-0.15, -0.1) is 0 Å². The first-order valence-corrected chi connectivity index (χ1v) is 7.66. The van der Waals surface area contributed by atoms with Gasteiger partial charge in [0, 0.05) is 31.7 Å². The van der Waals surface area contributed by atoms with Crippen molar-refractivity contribution in [2.75, 3.05) is 33.2 Å². The van der Waals surface area contributed by atoms with E-state index in [1.165, 1.54) is 28.6 Å². The molecular formula is C12H18N4O3S. The fourth-order valence-electron chi connectivity index (χ4n) is 2.03. The fraction of sp³-hybridized carbons (Fsp3) is 0.417. The van der Waals surface area contributed by atoms with E-state index < -0.39 is 10.0 Å². The third-order valence-electron chi connectivity index (χ3n) is 3.36. The van der Waals surface area contributed by atoms with E-state index in [1.54, 1.807) is 0 Å². The van der Waals surface area contributed by atoms with E-state index >= 15 is 0 Å². The van der Waals surface area contributed by atoms with Gasteiger partial charge >= 0.3 is 0 Å². The number of nitrogens with two attached hydrogens (primary N) is 1. The van der Waals surface area contributed by atoms with Crippen LogP contribution in [0.15, 0.2) is 34.3 Å². The maximum atomic E-state index is 12.4. The molecule has 1 heterocycles. The van der Waals surface area contributed by atoms with Gasteiger partial charge in [0.25, 0.3) is 0 Å². The minimum atomic E-state index is -3.47. The van der Waals surface area contributed by atoms with E-state index in [1.807, 2.05) is 7.05 Å². The first-order chi connectivity index (χ1) is 9.45. The Morgan fingerprint density at radius 2 is 1.75 bits per heavy atom. The van der Waals surface area contributed by atoms with Crippen LogP contribution in [-0.2, 0) is 10.0 Å². The van der Waals surface area contributed by atoms with Gasteiger partial charge in [0.05, 0.1) is 4.90 Å². The first-order valence-electron chi connectivity index (χ1n) is 6.22. The second kappa shape index (κ2) is 5.78. The van der Waals surface area contributed by atoms with Gasteiger partial charge in [0.2, 0.25) is 10.0 Å². The van der Waals surface area contributed by atoms with Crippen LogP contribution >= 0.6 is 0 Å². The summed E-state index contributed by atoms with van der Waals surface area (Å²) in [5.41, 5.74) is 5.92. The van der Waals surface area contributed by atoms with E-state index in [0.29, 0.717) is 18.7 Å². The van der Waals surface area contributed by atoms with Crippen LogP contribution < -0.4 is 5.73 Å². The molecule has 1 aromatic carbocycles. The second-order valence-electron chi connectivity index (χ2n) is 4.72. The molecule has 1 aromatic rings. The Morgan fingerprint density at radius 3 is 2.25 bits per heavy atom. The van der Waals surface area contributed by atoms with Crippen LogP contribution in [0.3, 0.4) is 0 Å². The Hall–Kier alpha value is -1.64. The molecule has 8 heteroatoms. The number of benzene rings is 1.